The summed E-state index contributed by atoms with van der Waals surface area (Å²) in [5.74, 6) is 5.73. The molecular weight excluding hydrogens is 260 g/mol. The molecule has 4 heteroatoms. The van der Waals surface area contributed by atoms with Gasteiger partial charge in [0.1, 0.15) is 0 Å². The molecule has 2 rings (SSSR count). The highest BCUT2D eigenvalue weighted by Crippen LogP contribution is 2.25. The van der Waals surface area contributed by atoms with E-state index in [9.17, 15) is 0 Å². The maximum atomic E-state index is 5.73. The van der Waals surface area contributed by atoms with Gasteiger partial charge >= 0.3 is 0 Å². The van der Waals surface area contributed by atoms with Crippen LogP contribution in [0.3, 0.4) is 0 Å². The number of aryl methyl sites for hydroxylation is 2. The number of nitrogens with one attached hydrogen (secondary N) is 1. The molecule has 1 unspecified atom stereocenters. The standard InChI is InChI=1S/C17H26N4/c1-17(2,3)14-7-5-13(6-8-14)16(20-18)10-9-15-11-12-19-21(15)4/h5-8,11-12,16,20H,9-10,18H2,1-4H3. The van der Waals surface area contributed by atoms with E-state index in [2.05, 4.69) is 61.6 Å². The lowest BCUT2D eigenvalue weighted by Crippen LogP contribution is -2.28. The van der Waals surface area contributed by atoms with Crippen LogP contribution in [0.4, 0.5) is 0 Å². The van der Waals surface area contributed by atoms with Gasteiger partial charge in [0.05, 0.1) is 0 Å². The van der Waals surface area contributed by atoms with Crippen LogP contribution in [0.25, 0.3) is 0 Å². The Hall–Kier alpha value is -1.65. The average Bonchev–Trinajstić information content (AvgIpc) is 2.85. The number of benzene rings is 1. The molecule has 1 heterocycles. The summed E-state index contributed by atoms with van der Waals surface area (Å²) in [7, 11) is 1.97. The number of aromatic nitrogens is 2. The SMILES string of the molecule is Cn1nccc1CCC(NN)c1ccc(C(C)(C)C)cc1. The summed E-state index contributed by atoms with van der Waals surface area (Å²) < 4.78 is 1.91. The third kappa shape index (κ3) is 3.93. The second kappa shape index (κ2) is 6.41. The van der Waals surface area contributed by atoms with Crippen molar-refractivity contribution in [2.24, 2.45) is 12.9 Å². The van der Waals surface area contributed by atoms with Crippen molar-refractivity contribution in [3.63, 3.8) is 0 Å². The molecule has 21 heavy (non-hydrogen) atoms. The number of hydrazine groups is 1. The summed E-state index contributed by atoms with van der Waals surface area (Å²) >= 11 is 0. The van der Waals surface area contributed by atoms with E-state index >= 15 is 0 Å². The van der Waals surface area contributed by atoms with E-state index in [4.69, 9.17) is 5.84 Å². The summed E-state index contributed by atoms with van der Waals surface area (Å²) in [6.07, 6.45) is 3.73. The maximum absolute atomic E-state index is 5.73. The topological polar surface area (TPSA) is 55.9 Å². The average molecular weight is 286 g/mol. The van der Waals surface area contributed by atoms with Crippen LogP contribution in [0.15, 0.2) is 36.5 Å². The fraction of sp³-hybridized carbons (Fsp3) is 0.471. The van der Waals surface area contributed by atoms with E-state index in [0.29, 0.717) is 0 Å². The molecule has 4 nitrogen and oxygen atoms in total. The first-order valence-electron chi connectivity index (χ1n) is 7.45. The van der Waals surface area contributed by atoms with Gasteiger partial charge in [0.25, 0.3) is 0 Å². The van der Waals surface area contributed by atoms with Crippen LogP contribution in [0.2, 0.25) is 0 Å². The second-order valence-corrected chi connectivity index (χ2v) is 6.58. The number of hydrogen-bond acceptors (Lipinski definition) is 3. The zero-order valence-electron chi connectivity index (χ0n) is 13.4. The van der Waals surface area contributed by atoms with Crippen molar-refractivity contribution in [1.82, 2.24) is 15.2 Å². The summed E-state index contributed by atoms with van der Waals surface area (Å²) in [5, 5.41) is 4.20. The van der Waals surface area contributed by atoms with Crippen LogP contribution < -0.4 is 11.3 Å². The summed E-state index contributed by atoms with van der Waals surface area (Å²) in [5.41, 5.74) is 6.90. The molecule has 0 bridgehead atoms. The van der Waals surface area contributed by atoms with E-state index in [0.717, 1.165) is 12.8 Å². The van der Waals surface area contributed by atoms with Crippen molar-refractivity contribution in [2.45, 2.75) is 45.1 Å². The van der Waals surface area contributed by atoms with Crippen molar-refractivity contribution in [1.29, 1.82) is 0 Å². The normalized spacial score (nSPS) is 13.4. The molecule has 1 atom stereocenters. The molecule has 0 aliphatic carbocycles. The van der Waals surface area contributed by atoms with Crippen molar-refractivity contribution < 1.29 is 0 Å². The molecule has 1 aromatic heterocycles. The van der Waals surface area contributed by atoms with Gasteiger partial charge < -0.3 is 0 Å². The number of nitrogens with zero attached hydrogens (tertiary/aromatic N) is 2. The van der Waals surface area contributed by atoms with E-state index in [1.165, 1.54) is 16.8 Å². The second-order valence-electron chi connectivity index (χ2n) is 6.58. The van der Waals surface area contributed by atoms with Crippen LogP contribution >= 0.6 is 0 Å². The molecule has 0 saturated carbocycles. The van der Waals surface area contributed by atoms with Gasteiger partial charge in [-0.2, -0.15) is 5.10 Å². The highest BCUT2D eigenvalue weighted by Gasteiger charge is 2.15. The third-order valence-electron chi connectivity index (χ3n) is 3.99. The zero-order chi connectivity index (χ0) is 15.5. The van der Waals surface area contributed by atoms with Crippen LogP contribution in [0.1, 0.15) is 50.1 Å². The Morgan fingerprint density at radius 2 is 1.86 bits per heavy atom. The Kier molecular flexibility index (Phi) is 4.80. The fourth-order valence-corrected chi connectivity index (χ4v) is 2.50. The van der Waals surface area contributed by atoms with Gasteiger partial charge in [-0.3, -0.25) is 16.0 Å². The number of hydrogen-bond donors (Lipinski definition) is 2. The highest BCUT2D eigenvalue weighted by molar-refractivity contribution is 5.29. The monoisotopic (exact) mass is 286 g/mol. The lowest BCUT2D eigenvalue weighted by atomic mass is 9.86. The molecule has 1 aromatic carbocycles. The van der Waals surface area contributed by atoms with Crippen molar-refractivity contribution >= 4 is 0 Å². The minimum atomic E-state index is 0.161. The quantitative estimate of drug-likeness (QED) is 0.656. The largest absolute Gasteiger partial charge is 0.273 e. The number of nitrogens with two attached hydrogens (primary N) is 1. The minimum Gasteiger partial charge on any atom is -0.273 e. The Bertz CT molecular complexity index is 563. The van der Waals surface area contributed by atoms with E-state index in [1.807, 2.05) is 17.9 Å². The first kappa shape index (κ1) is 15.7. The lowest BCUT2D eigenvalue weighted by molar-refractivity contribution is 0.506. The third-order valence-corrected chi connectivity index (χ3v) is 3.99. The van der Waals surface area contributed by atoms with Gasteiger partial charge in [0.15, 0.2) is 0 Å². The molecule has 2 aromatic rings. The molecule has 3 N–H and O–H groups in total. The molecule has 0 spiro atoms. The lowest BCUT2D eigenvalue weighted by Gasteiger charge is -2.21. The predicted molar refractivity (Wildman–Crippen MR) is 86.7 cm³/mol. The van der Waals surface area contributed by atoms with Gasteiger partial charge in [0.2, 0.25) is 0 Å². The Morgan fingerprint density at radius 3 is 2.33 bits per heavy atom. The van der Waals surface area contributed by atoms with Gasteiger partial charge in [-0.1, -0.05) is 45.0 Å². The molecule has 0 saturated heterocycles. The van der Waals surface area contributed by atoms with Crippen LogP contribution in [-0.2, 0) is 18.9 Å². The van der Waals surface area contributed by atoms with Gasteiger partial charge in [-0.05, 0) is 35.4 Å². The molecule has 0 amide bonds. The summed E-state index contributed by atoms with van der Waals surface area (Å²) in [6.45, 7) is 6.68. The van der Waals surface area contributed by atoms with Gasteiger partial charge in [-0.25, -0.2) is 0 Å². The molecule has 0 aliphatic rings. The first-order chi connectivity index (χ1) is 9.91. The minimum absolute atomic E-state index is 0.161. The fourth-order valence-electron chi connectivity index (χ4n) is 2.50. The highest BCUT2D eigenvalue weighted by atomic mass is 15.3. The predicted octanol–water partition coefficient (Wildman–Crippen LogP) is 2.85. The molecule has 0 aliphatic heterocycles. The molecule has 0 radical (unpaired) electrons. The summed E-state index contributed by atoms with van der Waals surface area (Å²) in [4.78, 5) is 0. The number of rotatable bonds is 5. The molecular formula is C17H26N4. The maximum Gasteiger partial charge on any atom is 0.0492 e. The summed E-state index contributed by atoms with van der Waals surface area (Å²) in [6, 6.07) is 11.0. The van der Waals surface area contributed by atoms with Crippen molar-refractivity contribution in [2.75, 3.05) is 0 Å². The Balaban J connectivity index is 2.05. The van der Waals surface area contributed by atoms with E-state index in [1.54, 1.807) is 0 Å². The first-order valence-corrected chi connectivity index (χ1v) is 7.45. The van der Waals surface area contributed by atoms with E-state index in [-0.39, 0.29) is 11.5 Å². The Morgan fingerprint density at radius 1 is 1.19 bits per heavy atom. The smallest absolute Gasteiger partial charge is 0.0492 e. The van der Waals surface area contributed by atoms with Crippen LogP contribution in [0.5, 0.6) is 0 Å². The van der Waals surface area contributed by atoms with E-state index < -0.39 is 0 Å². The Labute approximate surface area is 127 Å². The van der Waals surface area contributed by atoms with Gasteiger partial charge in [0, 0.05) is 25.0 Å². The van der Waals surface area contributed by atoms with Crippen molar-refractivity contribution in [3.8, 4) is 0 Å². The van der Waals surface area contributed by atoms with Crippen LogP contribution in [-0.4, -0.2) is 9.78 Å². The van der Waals surface area contributed by atoms with Crippen molar-refractivity contribution in [3.05, 3.63) is 53.3 Å². The molecule has 114 valence electrons. The zero-order valence-corrected chi connectivity index (χ0v) is 13.4. The molecule has 0 fully saturated rings. The van der Waals surface area contributed by atoms with Gasteiger partial charge in [-0.15, -0.1) is 0 Å². The van der Waals surface area contributed by atoms with Crippen LogP contribution in [0, 0.1) is 0 Å².